The van der Waals surface area contributed by atoms with Crippen molar-refractivity contribution in [2.75, 3.05) is 13.2 Å². The van der Waals surface area contributed by atoms with Crippen molar-refractivity contribution in [3.8, 4) is 0 Å². The molecule has 2 aliphatic rings. The van der Waals surface area contributed by atoms with E-state index in [1.807, 2.05) is 0 Å². The Hall–Kier alpha value is -1.16. The van der Waals surface area contributed by atoms with Crippen LogP contribution in [0.1, 0.15) is 35.9 Å². The predicted molar refractivity (Wildman–Crippen MR) is 91.7 cm³/mol. The van der Waals surface area contributed by atoms with E-state index in [4.69, 9.17) is 4.74 Å². The molecule has 4 rings (SSSR count). The SMILES string of the molecule is Brc1ccc(C2CCCN3[C@@H](c4ccccc4)CO[C@@H]23)cc1. The van der Waals surface area contributed by atoms with E-state index in [9.17, 15) is 0 Å². The van der Waals surface area contributed by atoms with E-state index >= 15 is 0 Å². The average Bonchev–Trinajstić information content (AvgIpc) is 3.00. The minimum absolute atomic E-state index is 0.222. The van der Waals surface area contributed by atoms with Gasteiger partial charge in [0.1, 0.15) is 6.23 Å². The van der Waals surface area contributed by atoms with Crippen molar-refractivity contribution in [2.24, 2.45) is 0 Å². The Kier molecular flexibility index (Phi) is 4.03. The number of halogens is 1. The minimum atomic E-state index is 0.222. The minimum Gasteiger partial charge on any atom is -0.360 e. The van der Waals surface area contributed by atoms with Gasteiger partial charge in [0.15, 0.2) is 0 Å². The van der Waals surface area contributed by atoms with Gasteiger partial charge in [-0.2, -0.15) is 0 Å². The van der Waals surface area contributed by atoms with E-state index in [-0.39, 0.29) is 6.23 Å². The van der Waals surface area contributed by atoms with Crippen LogP contribution < -0.4 is 0 Å². The maximum atomic E-state index is 6.24. The molecule has 2 fully saturated rings. The normalized spacial score (nSPS) is 28.5. The molecule has 0 aliphatic carbocycles. The van der Waals surface area contributed by atoms with Crippen LogP contribution in [-0.4, -0.2) is 24.3 Å². The number of nitrogens with zero attached hydrogens (tertiary/aromatic N) is 1. The second kappa shape index (κ2) is 6.15. The standard InChI is InChI=1S/C19H20BrNO/c20-16-10-8-14(9-11-16)17-7-4-12-21-18(13-22-19(17)21)15-5-2-1-3-6-15/h1-3,5-6,8-11,17-19H,4,7,12-13H2/t17?,18-,19+/m1/s1. The van der Waals surface area contributed by atoms with Crippen molar-refractivity contribution in [3.63, 3.8) is 0 Å². The molecule has 0 aromatic heterocycles. The van der Waals surface area contributed by atoms with Gasteiger partial charge in [0.05, 0.1) is 12.6 Å². The lowest BCUT2D eigenvalue weighted by Crippen LogP contribution is -2.41. The molecule has 0 radical (unpaired) electrons. The van der Waals surface area contributed by atoms with Gasteiger partial charge in [0, 0.05) is 16.9 Å². The van der Waals surface area contributed by atoms with Gasteiger partial charge in [0.25, 0.3) is 0 Å². The topological polar surface area (TPSA) is 12.5 Å². The first-order chi connectivity index (χ1) is 10.8. The second-order valence-electron chi connectivity index (χ2n) is 6.19. The number of ether oxygens (including phenoxy) is 1. The molecule has 3 atom stereocenters. The van der Waals surface area contributed by atoms with Gasteiger partial charge in [-0.15, -0.1) is 0 Å². The molecule has 0 amide bonds. The summed E-state index contributed by atoms with van der Waals surface area (Å²) in [5, 5.41) is 0. The zero-order valence-corrected chi connectivity index (χ0v) is 14.1. The summed E-state index contributed by atoms with van der Waals surface area (Å²) in [5.74, 6) is 0.482. The summed E-state index contributed by atoms with van der Waals surface area (Å²) in [4.78, 5) is 2.56. The van der Waals surface area contributed by atoms with Crippen LogP contribution in [0.25, 0.3) is 0 Å². The summed E-state index contributed by atoms with van der Waals surface area (Å²) in [6, 6.07) is 19.9. The number of hydrogen-bond acceptors (Lipinski definition) is 2. The first-order valence-electron chi connectivity index (χ1n) is 8.01. The van der Waals surface area contributed by atoms with E-state index in [0.29, 0.717) is 12.0 Å². The smallest absolute Gasteiger partial charge is 0.118 e. The molecule has 2 heterocycles. The van der Waals surface area contributed by atoms with E-state index in [1.54, 1.807) is 0 Å². The van der Waals surface area contributed by atoms with Crippen LogP contribution in [0.4, 0.5) is 0 Å². The van der Waals surface area contributed by atoms with Gasteiger partial charge in [-0.25, -0.2) is 0 Å². The third kappa shape index (κ3) is 2.62. The van der Waals surface area contributed by atoms with Crippen LogP contribution in [0.3, 0.4) is 0 Å². The number of hydrogen-bond donors (Lipinski definition) is 0. The second-order valence-corrected chi connectivity index (χ2v) is 7.10. The van der Waals surface area contributed by atoms with Crippen LogP contribution in [-0.2, 0) is 4.74 Å². The van der Waals surface area contributed by atoms with E-state index in [2.05, 4.69) is 75.4 Å². The van der Waals surface area contributed by atoms with Gasteiger partial charge < -0.3 is 4.74 Å². The third-order valence-corrected chi connectivity index (χ3v) is 5.44. The fraction of sp³-hybridized carbons (Fsp3) is 0.368. The molecular weight excluding hydrogens is 338 g/mol. The highest BCUT2D eigenvalue weighted by atomic mass is 79.9. The Morgan fingerprint density at radius 1 is 0.955 bits per heavy atom. The zero-order valence-electron chi connectivity index (χ0n) is 12.5. The van der Waals surface area contributed by atoms with Crippen molar-refractivity contribution in [1.82, 2.24) is 4.90 Å². The fourth-order valence-corrected chi connectivity index (χ4v) is 4.09. The maximum Gasteiger partial charge on any atom is 0.118 e. The highest BCUT2D eigenvalue weighted by Gasteiger charge is 2.42. The number of benzene rings is 2. The molecule has 0 saturated carbocycles. The summed E-state index contributed by atoms with van der Waals surface area (Å²) in [5.41, 5.74) is 2.77. The summed E-state index contributed by atoms with van der Waals surface area (Å²) >= 11 is 3.52. The molecule has 1 unspecified atom stereocenters. The van der Waals surface area contributed by atoms with Crippen LogP contribution in [0.5, 0.6) is 0 Å². The fourth-order valence-electron chi connectivity index (χ4n) is 3.83. The van der Waals surface area contributed by atoms with E-state index in [0.717, 1.165) is 17.6 Å². The summed E-state index contributed by atoms with van der Waals surface area (Å²) in [6.45, 7) is 1.94. The molecule has 0 bridgehead atoms. The van der Waals surface area contributed by atoms with Gasteiger partial charge in [-0.05, 0) is 36.1 Å². The Balaban J connectivity index is 1.60. The zero-order chi connectivity index (χ0) is 14.9. The highest BCUT2D eigenvalue weighted by Crippen LogP contribution is 2.42. The molecule has 2 aromatic carbocycles. The molecule has 3 heteroatoms. The number of fused-ring (bicyclic) bond motifs is 1. The highest BCUT2D eigenvalue weighted by molar-refractivity contribution is 9.10. The Bertz CT molecular complexity index is 628. The first-order valence-corrected chi connectivity index (χ1v) is 8.80. The molecule has 114 valence electrons. The molecule has 22 heavy (non-hydrogen) atoms. The van der Waals surface area contributed by atoms with Crippen molar-refractivity contribution in [3.05, 3.63) is 70.2 Å². The molecule has 2 saturated heterocycles. The summed E-state index contributed by atoms with van der Waals surface area (Å²) in [7, 11) is 0. The predicted octanol–water partition coefficient (Wildman–Crippen LogP) is 4.73. The molecule has 0 N–H and O–H groups in total. The van der Waals surface area contributed by atoms with Gasteiger partial charge in [-0.3, -0.25) is 4.90 Å². The molecule has 2 aromatic rings. The maximum absolute atomic E-state index is 6.24. The number of piperidine rings is 1. The lowest BCUT2D eigenvalue weighted by Gasteiger charge is -2.38. The monoisotopic (exact) mass is 357 g/mol. The van der Waals surface area contributed by atoms with E-state index < -0.39 is 0 Å². The Morgan fingerprint density at radius 3 is 2.50 bits per heavy atom. The quantitative estimate of drug-likeness (QED) is 0.770. The lowest BCUT2D eigenvalue weighted by molar-refractivity contribution is -0.0141. The lowest BCUT2D eigenvalue weighted by atomic mass is 9.88. The van der Waals surface area contributed by atoms with Crippen LogP contribution in [0, 0.1) is 0 Å². The van der Waals surface area contributed by atoms with Gasteiger partial charge in [0.2, 0.25) is 0 Å². The van der Waals surface area contributed by atoms with Crippen molar-refractivity contribution >= 4 is 15.9 Å². The molecular formula is C19H20BrNO. The van der Waals surface area contributed by atoms with Gasteiger partial charge in [-0.1, -0.05) is 58.4 Å². The molecule has 2 aliphatic heterocycles. The molecule has 0 spiro atoms. The van der Waals surface area contributed by atoms with Crippen molar-refractivity contribution < 1.29 is 4.74 Å². The number of rotatable bonds is 2. The largest absolute Gasteiger partial charge is 0.360 e. The Labute approximate surface area is 140 Å². The van der Waals surface area contributed by atoms with Crippen LogP contribution >= 0.6 is 15.9 Å². The van der Waals surface area contributed by atoms with Crippen LogP contribution in [0.2, 0.25) is 0 Å². The van der Waals surface area contributed by atoms with E-state index in [1.165, 1.54) is 24.0 Å². The average molecular weight is 358 g/mol. The Morgan fingerprint density at radius 2 is 1.73 bits per heavy atom. The van der Waals surface area contributed by atoms with Crippen molar-refractivity contribution in [2.45, 2.75) is 31.0 Å². The first kappa shape index (κ1) is 14.4. The summed E-state index contributed by atoms with van der Waals surface area (Å²) in [6.07, 6.45) is 2.67. The third-order valence-electron chi connectivity index (χ3n) is 4.91. The molecule has 2 nitrogen and oxygen atoms in total. The van der Waals surface area contributed by atoms with Crippen molar-refractivity contribution in [1.29, 1.82) is 0 Å². The van der Waals surface area contributed by atoms with Gasteiger partial charge >= 0.3 is 0 Å². The van der Waals surface area contributed by atoms with Crippen LogP contribution in [0.15, 0.2) is 59.1 Å². The summed E-state index contributed by atoms with van der Waals surface area (Å²) < 4.78 is 7.37.